The molecule has 3 aromatic rings. The molecule has 0 aliphatic heterocycles. The van der Waals surface area contributed by atoms with Crippen molar-refractivity contribution in [2.45, 2.75) is 13.2 Å². The fraction of sp³-hybridized carbons (Fsp3) is 0.111. The maximum Gasteiger partial charge on any atom is 0.387 e. The van der Waals surface area contributed by atoms with Crippen LogP contribution in [0.1, 0.15) is 15.9 Å². The first kappa shape index (κ1) is 19.3. The van der Waals surface area contributed by atoms with Crippen LogP contribution in [-0.2, 0) is 6.54 Å². The van der Waals surface area contributed by atoms with Crippen LogP contribution in [0.2, 0.25) is 5.02 Å². The molecule has 0 aliphatic rings. The normalized spacial score (nSPS) is 10.9. The quantitative estimate of drug-likeness (QED) is 0.555. The van der Waals surface area contributed by atoms with Gasteiger partial charge in [-0.05, 0) is 35.9 Å². The van der Waals surface area contributed by atoms with Crippen LogP contribution in [0.15, 0.2) is 59.2 Å². The lowest BCUT2D eigenvalue weighted by molar-refractivity contribution is -0.0501. The van der Waals surface area contributed by atoms with E-state index in [0.29, 0.717) is 16.0 Å². The molecule has 0 saturated heterocycles. The Balaban J connectivity index is 1.74. The van der Waals surface area contributed by atoms with Gasteiger partial charge in [-0.1, -0.05) is 39.7 Å². The van der Waals surface area contributed by atoms with Crippen molar-refractivity contribution in [2.24, 2.45) is 0 Å². The van der Waals surface area contributed by atoms with Gasteiger partial charge in [0.1, 0.15) is 5.75 Å². The van der Waals surface area contributed by atoms with E-state index in [9.17, 15) is 13.6 Å². The van der Waals surface area contributed by atoms with Crippen LogP contribution in [0.4, 0.5) is 14.6 Å². The average molecular weight is 457 g/mol. The number of nitrogens with zero attached hydrogens (tertiary/aromatic N) is 2. The number of benzene rings is 2. The van der Waals surface area contributed by atoms with E-state index in [-0.39, 0.29) is 17.1 Å². The highest BCUT2D eigenvalue weighted by molar-refractivity contribution is 9.10. The van der Waals surface area contributed by atoms with Crippen molar-refractivity contribution < 1.29 is 18.3 Å². The van der Waals surface area contributed by atoms with Gasteiger partial charge in [0, 0.05) is 21.8 Å². The van der Waals surface area contributed by atoms with E-state index in [4.69, 9.17) is 11.6 Å². The average Bonchev–Trinajstić information content (AvgIpc) is 3.03. The number of halogens is 4. The minimum Gasteiger partial charge on any atom is -0.434 e. The summed E-state index contributed by atoms with van der Waals surface area (Å²) < 4.78 is 31.7. The molecule has 5 nitrogen and oxygen atoms in total. The van der Waals surface area contributed by atoms with Gasteiger partial charge in [0.2, 0.25) is 0 Å². The van der Waals surface area contributed by atoms with E-state index in [1.54, 1.807) is 23.0 Å². The second kappa shape index (κ2) is 8.49. The van der Waals surface area contributed by atoms with Crippen molar-refractivity contribution in [1.29, 1.82) is 0 Å². The first-order valence-corrected chi connectivity index (χ1v) is 8.91. The molecule has 3 rings (SSSR count). The summed E-state index contributed by atoms with van der Waals surface area (Å²) in [4.78, 5) is 12.5. The Hall–Kier alpha value is -2.45. The van der Waals surface area contributed by atoms with Crippen LogP contribution in [0.25, 0.3) is 0 Å². The summed E-state index contributed by atoms with van der Waals surface area (Å²) in [6.45, 7) is -2.57. The Morgan fingerprint density at radius 3 is 2.81 bits per heavy atom. The first-order chi connectivity index (χ1) is 12.9. The summed E-state index contributed by atoms with van der Waals surface area (Å²) >= 11 is 9.17. The fourth-order valence-corrected chi connectivity index (χ4v) is 2.97. The monoisotopic (exact) mass is 455 g/mol. The predicted molar refractivity (Wildman–Crippen MR) is 102 cm³/mol. The molecule has 0 atom stereocenters. The minimum atomic E-state index is -3.03. The highest BCUT2D eigenvalue weighted by Crippen LogP contribution is 2.25. The number of anilines is 1. The summed E-state index contributed by atoms with van der Waals surface area (Å²) in [6, 6.07) is 13.1. The van der Waals surface area contributed by atoms with E-state index in [1.807, 2.05) is 18.2 Å². The highest BCUT2D eigenvalue weighted by Gasteiger charge is 2.17. The van der Waals surface area contributed by atoms with Gasteiger partial charge in [0.25, 0.3) is 5.91 Å². The van der Waals surface area contributed by atoms with E-state index < -0.39 is 12.5 Å². The molecule has 0 bridgehead atoms. The number of hydrogen-bond donors (Lipinski definition) is 1. The number of carbonyl (C=O) groups is 1. The Morgan fingerprint density at radius 2 is 2.07 bits per heavy atom. The molecule has 1 amide bonds. The van der Waals surface area contributed by atoms with Crippen LogP contribution < -0.4 is 10.1 Å². The molecule has 9 heteroatoms. The number of alkyl halides is 2. The molecule has 1 N–H and O–H groups in total. The van der Waals surface area contributed by atoms with Crippen molar-refractivity contribution in [3.05, 3.63) is 75.4 Å². The van der Waals surface area contributed by atoms with Crippen LogP contribution in [-0.4, -0.2) is 22.3 Å². The largest absolute Gasteiger partial charge is 0.434 e. The SMILES string of the molecule is O=C(Nc1ccn(Cc2cccc(Cl)c2)n1)c1cc(Br)ccc1OC(F)F. The Kier molecular flexibility index (Phi) is 6.08. The predicted octanol–water partition coefficient (Wildman–Crippen LogP) is 5.20. The number of rotatable bonds is 6. The molecule has 0 spiro atoms. The third-order valence-corrected chi connectivity index (χ3v) is 4.25. The Bertz CT molecular complexity index is 965. The second-order valence-electron chi connectivity index (χ2n) is 5.50. The highest BCUT2D eigenvalue weighted by atomic mass is 79.9. The standard InChI is InChI=1S/C18H13BrClF2N3O2/c19-12-4-5-15(27-18(21)22)14(9-12)17(26)23-16-6-7-25(24-16)10-11-2-1-3-13(20)8-11/h1-9,18H,10H2,(H,23,24,26). The third-order valence-electron chi connectivity index (χ3n) is 3.52. The van der Waals surface area contributed by atoms with Crippen LogP contribution in [0, 0.1) is 0 Å². The number of aromatic nitrogens is 2. The van der Waals surface area contributed by atoms with Gasteiger partial charge in [-0.2, -0.15) is 13.9 Å². The van der Waals surface area contributed by atoms with Gasteiger partial charge in [0.15, 0.2) is 5.82 Å². The first-order valence-electron chi connectivity index (χ1n) is 7.74. The lowest BCUT2D eigenvalue weighted by Gasteiger charge is -2.10. The molecule has 0 unspecified atom stereocenters. The molecule has 0 saturated carbocycles. The van der Waals surface area contributed by atoms with E-state index in [1.165, 1.54) is 18.2 Å². The van der Waals surface area contributed by atoms with Crippen LogP contribution in [0.5, 0.6) is 5.75 Å². The zero-order chi connectivity index (χ0) is 19.4. The maximum absolute atomic E-state index is 12.5. The molecule has 0 aliphatic carbocycles. The van der Waals surface area contributed by atoms with Crippen molar-refractivity contribution >= 4 is 39.3 Å². The molecule has 1 heterocycles. The van der Waals surface area contributed by atoms with Crippen molar-refractivity contribution in [3.63, 3.8) is 0 Å². The zero-order valence-corrected chi connectivity index (χ0v) is 16.0. The smallest absolute Gasteiger partial charge is 0.387 e. The third kappa shape index (κ3) is 5.27. The molecule has 27 heavy (non-hydrogen) atoms. The lowest BCUT2D eigenvalue weighted by Crippen LogP contribution is -2.15. The van der Waals surface area contributed by atoms with Gasteiger partial charge in [-0.15, -0.1) is 0 Å². The van der Waals surface area contributed by atoms with Gasteiger partial charge < -0.3 is 10.1 Å². The summed E-state index contributed by atoms with van der Waals surface area (Å²) in [7, 11) is 0. The van der Waals surface area contributed by atoms with Gasteiger partial charge in [0.05, 0.1) is 12.1 Å². The lowest BCUT2D eigenvalue weighted by atomic mass is 10.2. The molecule has 140 valence electrons. The van der Waals surface area contributed by atoms with Crippen molar-refractivity contribution in [2.75, 3.05) is 5.32 Å². The summed E-state index contributed by atoms with van der Waals surface area (Å²) in [5, 5.41) is 7.45. The van der Waals surface area contributed by atoms with Gasteiger partial charge in [-0.25, -0.2) is 0 Å². The van der Waals surface area contributed by atoms with E-state index in [2.05, 4.69) is 31.1 Å². The van der Waals surface area contributed by atoms with Gasteiger partial charge in [-0.3, -0.25) is 9.48 Å². The zero-order valence-electron chi connectivity index (χ0n) is 13.7. The number of ether oxygens (including phenoxy) is 1. The summed E-state index contributed by atoms with van der Waals surface area (Å²) in [5.41, 5.74) is 0.914. The van der Waals surface area contributed by atoms with Crippen LogP contribution >= 0.6 is 27.5 Å². The summed E-state index contributed by atoms with van der Waals surface area (Å²) in [6.07, 6.45) is 1.69. The number of nitrogens with one attached hydrogen (secondary N) is 1. The van der Waals surface area contributed by atoms with Gasteiger partial charge >= 0.3 is 6.61 Å². The van der Waals surface area contributed by atoms with E-state index >= 15 is 0 Å². The van der Waals surface area contributed by atoms with Crippen molar-refractivity contribution in [3.8, 4) is 5.75 Å². The topological polar surface area (TPSA) is 56.2 Å². The minimum absolute atomic E-state index is 0.0333. The molecule has 0 radical (unpaired) electrons. The Labute approximate surface area is 167 Å². The fourth-order valence-electron chi connectivity index (χ4n) is 2.40. The molecular formula is C18H13BrClF2N3O2. The maximum atomic E-state index is 12.5. The second-order valence-corrected chi connectivity index (χ2v) is 6.85. The molecular weight excluding hydrogens is 444 g/mol. The van der Waals surface area contributed by atoms with Crippen molar-refractivity contribution in [1.82, 2.24) is 9.78 Å². The number of amides is 1. The Morgan fingerprint density at radius 1 is 1.26 bits per heavy atom. The molecule has 1 aromatic heterocycles. The van der Waals surface area contributed by atoms with E-state index in [0.717, 1.165) is 5.56 Å². The summed E-state index contributed by atoms with van der Waals surface area (Å²) in [5.74, 6) is -0.547. The molecule has 2 aromatic carbocycles. The number of carbonyl (C=O) groups excluding carboxylic acids is 1. The van der Waals surface area contributed by atoms with Crippen LogP contribution in [0.3, 0.4) is 0 Å². The molecule has 0 fully saturated rings. The number of hydrogen-bond acceptors (Lipinski definition) is 3.